The van der Waals surface area contributed by atoms with E-state index in [4.69, 9.17) is 54.7 Å². The van der Waals surface area contributed by atoms with Crippen LogP contribution < -0.4 is 11.1 Å². The third-order valence-corrected chi connectivity index (χ3v) is 9.43. The zero-order valence-corrected chi connectivity index (χ0v) is 30.5. The number of methoxy groups -OCH3 is 2. The number of carbonyl (C=O) groups is 3. The molecule has 25 nitrogen and oxygen atoms in total. The Morgan fingerprint density at radius 1 is 0.661 bits per heavy atom. The summed E-state index contributed by atoms with van der Waals surface area (Å²) in [5.74, 6) is -3.31. The highest BCUT2D eigenvalue weighted by molar-refractivity contribution is 5.74. The lowest BCUT2D eigenvalue weighted by Crippen LogP contribution is -2.67. The maximum atomic E-state index is 11.5. The summed E-state index contributed by atoms with van der Waals surface area (Å²) in [6.07, 6.45) is -24.1. The number of nitrogens with one attached hydrogen (secondary N) is 3. The van der Waals surface area contributed by atoms with Crippen molar-refractivity contribution in [2.75, 3.05) is 27.4 Å². The quantitative estimate of drug-likeness (QED) is 0.0864. The van der Waals surface area contributed by atoms with Crippen molar-refractivity contribution in [2.45, 2.75) is 151 Å². The van der Waals surface area contributed by atoms with Crippen LogP contribution in [0.1, 0.15) is 29.6 Å². The van der Waals surface area contributed by atoms with Gasteiger partial charge in [-0.1, -0.05) is 7.43 Å². The average molecular weight is 825 g/mol. The van der Waals surface area contributed by atoms with E-state index in [2.05, 4.69) is 5.32 Å². The van der Waals surface area contributed by atoms with Gasteiger partial charge in [-0.3, -0.25) is 4.79 Å². The lowest BCUT2D eigenvalue weighted by molar-refractivity contribution is -0.327. The van der Waals surface area contributed by atoms with Crippen LogP contribution in [0.4, 0.5) is 0 Å². The third-order valence-electron chi connectivity index (χ3n) is 9.43. The highest BCUT2D eigenvalue weighted by atomic mass is 16.7. The van der Waals surface area contributed by atoms with E-state index in [9.17, 15) is 65.4 Å². The van der Waals surface area contributed by atoms with E-state index in [1.165, 1.54) is 14.0 Å². The number of hydrogen-bond donors (Lipinski definition) is 14. The molecule has 0 saturated carbocycles. The SMILES string of the molecule is C.CO[C@@H]1C(C(=O)O)O[C@@H](OC2[C@H](O)C(CO)O[C@@H](C)[C@H]2N)[C@@H](O)C1O.CO[C@@H]1C(C(=O)O)O[C@@H](OC2[C@H](O)C(CO)O[C@@H](C)[C@H]2NC(C)=O)[C@@H](O)C1O.N=N.[HH]. The second-order valence-corrected chi connectivity index (χ2v) is 13.0. The number of rotatable bonds is 11. The van der Waals surface area contributed by atoms with Crippen LogP contribution in [0.2, 0.25) is 0 Å². The normalized spacial score (nSPS) is 43.7. The van der Waals surface area contributed by atoms with Crippen molar-refractivity contribution >= 4 is 17.8 Å². The van der Waals surface area contributed by atoms with Gasteiger partial charge in [0.2, 0.25) is 5.91 Å². The second-order valence-electron chi connectivity index (χ2n) is 13.0. The Balaban J connectivity index is 0.00000103. The molecule has 0 spiro atoms. The van der Waals surface area contributed by atoms with Gasteiger partial charge in [0.15, 0.2) is 24.8 Å². The first-order valence-electron chi connectivity index (χ1n) is 16.9. The molecule has 4 fully saturated rings. The van der Waals surface area contributed by atoms with Crippen molar-refractivity contribution in [3.63, 3.8) is 0 Å². The molecule has 4 rings (SSSR count). The largest absolute Gasteiger partial charge is 0.479 e. The van der Waals surface area contributed by atoms with Crippen molar-refractivity contribution in [1.82, 2.24) is 5.32 Å². The minimum Gasteiger partial charge on any atom is -0.479 e. The van der Waals surface area contributed by atoms with Gasteiger partial charge in [0, 0.05) is 22.6 Å². The molecule has 4 aliphatic rings. The molecule has 15 N–H and O–H groups in total. The van der Waals surface area contributed by atoms with Gasteiger partial charge in [-0.2, -0.15) is 0 Å². The molecular formula is C31H60N4O21. The predicted octanol–water partition coefficient (Wildman–Crippen LogP) is -5.57. The number of ether oxygens (including phenoxy) is 8. The molecule has 0 aromatic rings. The Kier molecular flexibility index (Phi) is 21.1. The number of aliphatic carboxylic acids is 2. The van der Waals surface area contributed by atoms with Crippen LogP contribution in [-0.2, 0) is 52.3 Å². The fourth-order valence-corrected chi connectivity index (χ4v) is 6.49. The fourth-order valence-electron chi connectivity index (χ4n) is 6.49. The summed E-state index contributed by atoms with van der Waals surface area (Å²) in [6.45, 7) is 3.41. The van der Waals surface area contributed by atoms with Crippen LogP contribution >= 0.6 is 0 Å². The van der Waals surface area contributed by atoms with Crippen LogP contribution in [0.5, 0.6) is 0 Å². The molecule has 0 aromatic heterocycles. The van der Waals surface area contributed by atoms with Gasteiger partial charge in [0.25, 0.3) is 0 Å². The number of carboxylic acid groups (broad SMARTS) is 2. The average Bonchev–Trinajstić information content (AvgIpc) is 3.14. The summed E-state index contributed by atoms with van der Waals surface area (Å²) in [5.41, 5.74) is 15.9. The van der Waals surface area contributed by atoms with E-state index in [1.807, 2.05) is 0 Å². The molecule has 1 amide bonds. The minimum atomic E-state index is -1.70. The summed E-state index contributed by atoms with van der Waals surface area (Å²) in [4.78, 5) is 34.3. The molecule has 25 heteroatoms. The Hall–Kier alpha value is -2.67. The van der Waals surface area contributed by atoms with Crippen LogP contribution in [0.3, 0.4) is 0 Å². The number of aliphatic hydroxyl groups excluding tert-OH is 8. The Morgan fingerprint density at radius 3 is 1.39 bits per heavy atom. The smallest absolute Gasteiger partial charge is 0.335 e. The number of nitrogens with two attached hydrogens (primary N) is 1. The van der Waals surface area contributed by atoms with Gasteiger partial charge in [-0.25, -0.2) is 20.7 Å². The van der Waals surface area contributed by atoms with Crippen molar-refractivity contribution < 1.29 is 105 Å². The lowest BCUT2D eigenvalue weighted by Gasteiger charge is -2.47. The van der Waals surface area contributed by atoms with Crippen molar-refractivity contribution in [3.8, 4) is 0 Å². The number of carbonyl (C=O) groups excluding carboxylic acids is 1. The highest BCUT2D eigenvalue weighted by Gasteiger charge is 2.54. The minimum absolute atomic E-state index is 0. The van der Waals surface area contributed by atoms with Crippen molar-refractivity contribution in [1.29, 1.82) is 11.1 Å². The first kappa shape index (κ1) is 51.3. The summed E-state index contributed by atoms with van der Waals surface area (Å²) < 4.78 is 42.2. The summed E-state index contributed by atoms with van der Waals surface area (Å²) in [5, 5.41) is 101. The van der Waals surface area contributed by atoms with E-state index in [0.717, 1.165) is 7.11 Å². The van der Waals surface area contributed by atoms with Gasteiger partial charge in [-0.05, 0) is 13.8 Å². The van der Waals surface area contributed by atoms with Gasteiger partial charge in [-0.15, -0.1) is 0 Å². The maximum absolute atomic E-state index is 11.5. The van der Waals surface area contributed by atoms with Gasteiger partial charge >= 0.3 is 11.9 Å². The van der Waals surface area contributed by atoms with Gasteiger partial charge in [0.05, 0.1) is 37.5 Å². The monoisotopic (exact) mass is 824 g/mol. The maximum Gasteiger partial charge on any atom is 0.335 e. The lowest BCUT2D eigenvalue weighted by atomic mass is 9.92. The molecule has 20 atom stereocenters. The standard InChI is InChI=1S/C16H27NO11.C14H25NO10.CH4.H2N2.H2/c1-5-8(17-6(2)19)12(9(20)7(4-18)26-5)27-16-11(22)10(21)13(25-3)14(28-16)15(23)24;1-4-6(15)10(7(17)5(3-16)23-4)24-14-9(19)8(18)11(22-2)12(25-14)13(20)21;;1-2;/h5,7-14,16,18,20-22H,4H2,1-3H3,(H,17,19)(H,23,24);4-12,14,16-19H,3,15H2,1-2H3,(H,20,21);1H4;1-2H;1H/t5-,7?,8+,9+,10?,11-,12?,13-,14?,16+;4-,5?,6+,7+,8?,9-,10?,11-,12?,14+;;;/m00.../s1. The topological polar surface area (TPSA) is 413 Å². The van der Waals surface area contributed by atoms with E-state index < -0.39 is 153 Å². The summed E-state index contributed by atoms with van der Waals surface area (Å²) in [7, 11) is 2.33. The molecule has 330 valence electrons. The molecule has 0 aromatic carbocycles. The first-order chi connectivity index (χ1) is 25.8. The molecule has 4 aliphatic heterocycles. The Morgan fingerprint density at radius 2 is 1.04 bits per heavy atom. The van der Waals surface area contributed by atoms with E-state index >= 15 is 0 Å². The zero-order valence-electron chi connectivity index (χ0n) is 30.5. The van der Waals surface area contributed by atoms with E-state index in [0.29, 0.717) is 0 Å². The van der Waals surface area contributed by atoms with E-state index in [1.54, 1.807) is 13.8 Å². The van der Waals surface area contributed by atoms with Gasteiger partial charge < -0.3 is 100 Å². The Bertz CT molecular complexity index is 1240. The number of amides is 1. The van der Waals surface area contributed by atoms with Crippen LogP contribution in [0.15, 0.2) is 0 Å². The zero-order chi connectivity index (χ0) is 42.1. The number of carboxylic acids is 2. The molecular weight excluding hydrogens is 764 g/mol. The first-order valence-corrected chi connectivity index (χ1v) is 16.9. The van der Waals surface area contributed by atoms with Crippen LogP contribution in [0, 0.1) is 11.1 Å². The molecule has 56 heavy (non-hydrogen) atoms. The molecule has 8 unspecified atom stereocenters. The highest BCUT2D eigenvalue weighted by Crippen LogP contribution is 2.31. The fraction of sp³-hybridized carbons (Fsp3) is 0.903. The van der Waals surface area contributed by atoms with Crippen molar-refractivity contribution in [2.24, 2.45) is 5.73 Å². The molecule has 4 heterocycles. The summed E-state index contributed by atoms with van der Waals surface area (Å²) in [6, 6.07) is -1.74. The predicted molar refractivity (Wildman–Crippen MR) is 183 cm³/mol. The van der Waals surface area contributed by atoms with Crippen molar-refractivity contribution in [3.05, 3.63) is 0 Å². The molecule has 0 radical (unpaired) electrons. The number of hydrogen-bond acceptors (Lipinski definition) is 22. The molecule has 0 aliphatic carbocycles. The second kappa shape index (κ2) is 23.1. The van der Waals surface area contributed by atoms with E-state index in [-0.39, 0.29) is 8.85 Å². The molecule has 0 bridgehead atoms. The number of aliphatic hydroxyl groups is 8. The summed E-state index contributed by atoms with van der Waals surface area (Å²) >= 11 is 0. The molecule has 4 saturated heterocycles. The van der Waals surface area contributed by atoms with Gasteiger partial charge in [0.1, 0.15) is 73.2 Å². The third kappa shape index (κ3) is 11.7. The Labute approximate surface area is 322 Å². The van der Waals surface area contributed by atoms with Crippen LogP contribution in [0.25, 0.3) is 0 Å². The van der Waals surface area contributed by atoms with Crippen LogP contribution in [-0.4, -0.2) is 219 Å².